The summed E-state index contributed by atoms with van der Waals surface area (Å²) in [5.41, 5.74) is 0. The highest BCUT2D eigenvalue weighted by atomic mass is 32.2. The zero-order valence-electron chi connectivity index (χ0n) is 10.5. The van der Waals surface area contributed by atoms with Crippen molar-refractivity contribution in [2.45, 2.75) is 18.2 Å². The van der Waals surface area contributed by atoms with E-state index in [4.69, 9.17) is 14.3 Å². The van der Waals surface area contributed by atoms with E-state index in [2.05, 4.69) is 0 Å². The second kappa shape index (κ2) is 5.32. The molecule has 1 N–H and O–H groups in total. The Balaban J connectivity index is 2.35. The van der Waals surface area contributed by atoms with Gasteiger partial charge in [0, 0.05) is 25.8 Å². The van der Waals surface area contributed by atoms with Crippen molar-refractivity contribution in [2.75, 3.05) is 26.3 Å². The van der Waals surface area contributed by atoms with Gasteiger partial charge in [-0.05, 0) is 13.3 Å². The van der Waals surface area contributed by atoms with Crippen LogP contribution >= 0.6 is 0 Å². The fraction of sp³-hybridized carbons (Fsp3) is 0.545. The topological polar surface area (TPSA) is 97.0 Å². The Kier molecular flexibility index (Phi) is 3.93. The minimum Gasteiger partial charge on any atom is -0.475 e. The van der Waals surface area contributed by atoms with Crippen molar-refractivity contribution >= 4 is 16.0 Å². The summed E-state index contributed by atoms with van der Waals surface area (Å²) in [4.78, 5) is 10.7. The third-order valence-corrected chi connectivity index (χ3v) is 4.89. The van der Waals surface area contributed by atoms with E-state index in [1.165, 1.54) is 11.2 Å². The average Bonchev–Trinajstić information content (AvgIpc) is 2.59. The molecule has 1 aliphatic rings. The molecule has 1 aliphatic heterocycles. The van der Waals surface area contributed by atoms with Crippen LogP contribution in [-0.4, -0.2) is 50.1 Å². The van der Waals surface area contributed by atoms with Crippen molar-refractivity contribution < 1.29 is 27.5 Å². The van der Waals surface area contributed by atoms with E-state index in [1.807, 2.05) is 0 Å². The molecule has 2 rings (SSSR count). The second-order valence-corrected chi connectivity index (χ2v) is 6.11. The SMILES string of the molecule is Cc1oc(C(=O)O)cc1S(=O)(=O)N1CCCOCC1. The number of furan rings is 1. The molecule has 0 radical (unpaired) electrons. The van der Waals surface area contributed by atoms with Crippen LogP contribution in [0.15, 0.2) is 15.4 Å². The molecule has 1 aromatic rings. The van der Waals surface area contributed by atoms with Gasteiger partial charge < -0.3 is 14.3 Å². The van der Waals surface area contributed by atoms with Gasteiger partial charge in [0.25, 0.3) is 0 Å². The summed E-state index contributed by atoms with van der Waals surface area (Å²) in [6.07, 6.45) is 0.613. The first-order valence-corrected chi connectivity index (χ1v) is 7.28. The summed E-state index contributed by atoms with van der Waals surface area (Å²) in [6.45, 7) is 2.91. The van der Waals surface area contributed by atoms with E-state index in [1.54, 1.807) is 0 Å². The van der Waals surface area contributed by atoms with Crippen LogP contribution in [0.5, 0.6) is 0 Å². The van der Waals surface area contributed by atoms with Gasteiger partial charge in [-0.2, -0.15) is 4.31 Å². The number of nitrogens with zero attached hydrogens (tertiary/aromatic N) is 1. The van der Waals surface area contributed by atoms with Gasteiger partial charge in [-0.1, -0.05) is 0 Å². The number of hydrogen-bond acceptors (Lipinski definition) is 5. The Morgan fingerprint density at radius 3 is 2.74 bits per heavy atom. The third kappa shape index (κ3) is 2.80. The van der Waals surface area contributed by atoms with Crippen LogP contribution in [0.4, 0.5) is 0 Å². The quantitative estimate of drug-likeness (QED) is 0.879. The van der Waals surface area contributed by atoms with Crippen molar-refractivity contribution in [2.24, 2.45) is 0 Å². The molecule has 0 amide bonds. The molecule has 0 aliphatic carbocycles. The lowest BCUT2D eigenvalue weighted by Crippen LogP contribution is -2.33. The van der Waals surface area contributed by atoms with Gasteiger partial charge >= 0.3 is 5.97 Å². The predicted octanol–water partition coefficient (Wildman–Crippen LogP) is 0.697. The number of aryl methyl sites for hydroxylation is 1. The molecular formula is C11H15NO6S. The molecule has 7 nitrogen and oxygen atoms in total. The van der Waals surface area contributed by atoms with E-state index < -0.39 is 16.0 Å². The lowest BCUT2D eigenvalue weighted by Gasteiger charge is -2.18. The van der Waals surface area contributed by atoms with Crippen LogP contribution in [0.25, 0.3) is 0 Å². The predicted molar refractivity (Wildman–Crippen MR) is 64.6 cm³/mol. The smallest absolute Gasteiger partial charge is 0.371 e. The molecule has 106 valence electrons. The first kappa shape index (κ1) is 14.0. The van der Waals surface area contributed by atoms with Crippen LogP contribution in [0.3, 0.4) is 0 Å². The average molecular weight is 289 g/mol. The summed E-state index contributed by atoms with van der Waals surface area (Å²) in [6, 6.07) is 1.05. The fourth-order valence-electron chi connectivity index (χ4n) is 1.93. The van der Waals surface area contributed by atoms with Gasteiger partial charge in [0.15, 0.2) is 0 Å². The number of carboxylic acid groups (broad SMARTS) is 1. The molecule has 0 bridgehead atoms. The highest BCUT2D eigenvalue weighted by Crippen LogP contribution is 2.24. The first-order valence-electron chi connectivity index (χ1n) is 5.84. The summed E-state index contributed by atoms with van der Waals surface area (Å²) >= 11 is 0. The summed E-state index contributed by atoms with van der Waals surface area (Å²) in [7, 11) is -3.73. The molecule has 19 heavy (non-hydrogen) atoms. The van der Waals surface area contributed by atoms with Crippen LogP contribution in [0.1, 0.15) is 22.7 Å². The Hall–Kier alpha value is -1.38. The fourth-order valence-corrected chi connectivity index (χ4v) is 3.55. The molecule has 0 unspecified atom stereocenters. The van der Waals surface area contributed by atoms with E-state index in [-0.39, 0.29) is 23.0 Å². The van der Waals surface area contributed by atoms with Gasteiger partial charge in [0.05, 0.1) is 6.61 Å². The van der Waals surface area contributed by atoms with Crippen LogP contribution in [0, 0.1) is 6.92 Å². The van der Waals surface area contributed by atoms with Gasteiger partial charge in [-0.15, -0.1) is 0 Å². The van der Waals surface area contributed by atoms with Crippen LogP contribution in [-0.2, 0) is 14.8 Å². The molecule has 1 aromatic heterocycles. The lowest BCUT2D eigenvalue weighted by molar-refractivity contribution is 0.0661. The van der Waals surface area contributed by atoms with Gasteiger partial charge in [0.2, 0.25) is 15.8 Å². The molecule has 0 atom stereocenters. The summed E-state index contributed by atoms with van der Waals surface area (Å²) in [5, 5.41) is 8.82. The molecule has 1 fully saturated rings. The number of carbonyl (C=O) groups is 1. The highest BCUT2D eigenvalue weighted by molar-refractivity contribution is 7.89. The van der Waals surface area contributed by atoms with E-state index >= 15 is 0 Å². The van der Waals surface area contributed by atoms with E-state index in [0.717, 1.165) is 6.07 Å². The van der Waals surface area contributed by atoms with Gasteiger partial charge in [-0.25, -0.2) is 13.2 Å². The molecule has 0 spiro atoms. The monoisotopic (exact) mass is 289 g/mol. The highest BCUT2D eigenvalue weighted by Gasteiger charge is 2.30. The van der Waals surface area contributed by atoms with E-state index in [9.17, 15) is 13.2 Å². The number of rotatable bonds is 3. The van der Waals surface area contributed by atoms with Crippen LogP contribution in [0.2, 0.25) is 0 Å². The third-order valence-electron chi connectivity index (χ3n) is 2.88. The second-order valence-electron chi connectivity index (χ2n) is 4.21. The molecule has 1 saturated heterocycles. The molecular weight excluding hydrogens is 274 g/mol. The van der Waals surface area contributed by atoms with E-state index in [0.29, 0.717) is 26.2 Å². The molecule has 0 aromatic carbocycles. The zero-order chi connectivity index (χ0) is 14.0. The van der Waals surface area contributed by atoms with Crippen LogP contribution < -0.4 is 0 Å². The number of ether oxygens (including phenoxy) is 1. The number of hydrogen-bond donors (Lipinski definition) is 1. The largest absolute Gasteiger partial charge is 0.475 e. The van der Waals surface area contributed by atoms with Crippen molar-refractivity contribution in [1.29, 1.82) is 0 Å². The van der Waals surface area contributed by atoms with Gasteiger partial charge in [-0.3, -0.25) is 0 Å². The maximum atomic E-state index is 12.4. The molecule has 8 heteroatoms. The minimum absolute atomic E-state index is 0.0857. The van der Waals surface area contributed by atoms with Crippen molar-refractivity contribution in [3.63, 3.8) is 0 Å². The number of aromatic carboxylic acids is 1. The van der Waals surface area contributed by atoms with Gasteiger partial charge in [0.1, 0.15) is 10.7 Å². The lowest BCUT2D eigenvalue weighted by atomic mass is 10.4. The Bertz CT molecular complexity index is 568. The van der Waals surface area contributed by atoms with Crippen molar-refractivity contribution in [1.82, 2.24) is 4.31 Å². The summed E-state index contributed by atoms with van der Waals surface area (Å²) < 4.78 is 36.3. The molecule has 2 heterocycles. The number of carboxylic acids is 1. The maximum absolute atomic E-state index is 12.4. The Morgan fingerprint density at radius 2 is 2.11 bits per heavy atom. The molecule has 0 saturated carbocycles. The standard InChI is InChI=1S/C11H15NO6S/c1-8-10(7-9(18-8)11(13)14)19(15,16)12-3-2-5-17-6-4-12/h7H,2-6H2,1H3,(H,13,14). The minimum atomic E-state index is -3.73. The first-order chi connectivity index (χ1) is 8.93. The Labute approximate surface area is 110 Å². The van der Waals surface area contributed by atoms with Crippen molar-refractivity contribution in [3.05, 3.63) is 17.6 Å². The summed E-state index contributed by atoms with van der Waals surface area (Å²) in [5.74, 6) is -1.58. The zero-order valence-corrected chi connectivity index (χ0v) is 11.3. The Morgan fingerprint density at radius 1 is 1.37 bits per heavy atom. The number of sulfonamides is 1. The van der Waals surface area contributed by atoms with Crippen molar-refractivity contribution in [3.8, 4) is 0 Å². The normalized spacial score (nSPS) is 18.2. The maximum Gasteiger partial charge on any atom is 0.371 e.